The third-order valence-corrected chi connectivity index (χ3v) is 3.25. The van der Waals surface area contributed by atoms with Crippen LogP contribution in [-0.4, -0.2) is 15.9 Å². The van der Waals surface area contributed by atoms with Crippen LogP contribution in [0.5, 0.6) is 0 Å². The van der Waals surface area contributed by atoms with Gasteiger partial charge in [0.25, 0.3) is 5.91 Å². The van der Waals surface area contributed by atoms with Crippen molar-refractivity contribution >= 4 is 23.1 Å². The number of carbonyl (C=O) groups is 1. The molecule has 2 rings (SSSR count). The number of hydrogen-bond donors (Lipinski definition) is 3. The van der Waals surface area contributed by atoms with Gasteiger partial charge in [-0.25, -0.2) is 15.8 Å². The third kappa shape index (κ3) is 3.02. The Morgan fingerprint density at radius 1 is 1.39 bits per heavy atom. The quantitative estimate of drug-likeness (QED) is 0.566. The molecule has 94 valence electrons. The molecule has 0 radical (unpaired) electrons. The van der Waals surface area contributed by atoms with E-state index in [-0.39, 0.29) is 11.6 Å². The van der Waals surface area contributed by atoms with E-state index in [2.05, 4.69) is 20.7 Å². The van der Waals surface area contributed by atoms with Crippen LogP contribution in [0.1, 0.15) is 20.2 Å². The molecule has 0 unspecified atom stereocenters. The normalized spacial score (nSPS) is 10.1. The van der Waals surface area contributed by atoms with E-state index in [4.69, 9.17) is 5.84 Å². The predicted molar refractivity (Wildman–Crippen MR) is 70.1 cm³/mol. The van der Waals surface area contributed by atoms with Crippen molar-refractivity contribution in [3.63, 3.8) is 0 Å². The van der Waals surface area contributed by atoms with Gasteiger partial charge in [0.2, 0.25) is 0 Å². The van der Waals surface area contributed by atoms with Crippen molar-refractivity contribution in [2.45, 2.75) is 13.5 Å². The third-order valence-electron chi connectivity index (χ3n) is 2.25. The van der Waals surface area contributed by atoms with Crippen molar-refractivity contribution < 1.29 is 4.79 Å². The standard InChI is InChI=1S/C11H13N5OS/c1-7-2-3-8(18-7)4-15-11(17)9-5-14-10(16-12)6-13-9/h2-3,5-6H,4,12H2,1H3,(H,14,16)(H,15,17). The molecule has 0 saturated heterocycles. The highest BCUT2D eigenvalue weighted by molar-refractivity contribution is 7.11. The lowest BCUT2D eigenvalue weighted by molar-refractivity contribution is 0.0946. The van der Waals surface area contributed by atoms with Gasteiger partial charge in [0, 0.05) is 9.75 Å². The fourth-order valence-corrected chi connectivity index (χ4v) is 2.19. The van der Waals surface area contributed by atoms with Gasteiger partial charge in [-0.05, 0) is 19.1 Å². The molecule has 2 heterocycles. The molecule has 0 spiro atoms. The number of nitrogens with one attached hydrogen (secondary N) is 2. The molecule has 18 heavy (non-hydrogen) atoms. The number of amides is 1. The fraction of sp³-hybridized carbons (Fsp3) is 0.182. The second kappa shape index (κ2) is 5.56. The molecule has 0 fully saturated rings. The first-order valence-electron chi connectivity index (χ1n) is 5.31. The van der Waals surface area contributed by atoms with Gasteiger partial charge in [-0.1, -0.05) is 0 Å². The van der Waals surface area contributed by atoms with Gasteiger partial charge in [0.15, 0.2) is 5.82 Å². The Labute approximate surface area is 108 Å². The summed E-state index contributed by atoms with van der Waals surface area (Å²) >= 11 is 1.65. The van der Waals surface area contributed by atoms with E-state index in [9.17, 15) is 4.79 Å². The summed E-state index contributed by atoms with van der Waals surface area (Å²) < 4.78 is 0. The molecule has 1 amide bonds. The van der Waals surface area contributed by atoms with Crippen LogP contribution in [0.25, 0.3) is 0 Å². The summed E-state index contributed by atoms with van der Waals surface area (Å²) in [5.74, 6) is 5.33. The number of nitrogens with two attached hydrogens (primary N) is 1. The molecular formula is C11H13N5OS. The molecule has 0 saturated carbocycles. The average molecular weight is 263 g/mol. The molecule has 0 atom stereocenters. The van der Waals surface area contributed by atoms with Crippen LogP contribution in [0.2, 0.25) is 0 Å². The molecule has 6 nitrogen and oxygen atoms in total. The number of nitrogens with zero attached hydrogens (tertiary/aromatic N) is 2. The monoisotopic (exact) mass is 263 g/mol. The van der Waals surface area contributed by atoms with Gasteiger partial charge < -0.3 is 10.7 Å². The number of hydrogen-bond acceptors (Lipinski definition) is 6. The Hall–Kier alpha value is -1.99. The molecular weight excluding hydrogens is 250 g/mol. The number of thiophene rings is 1. The molecule has 7 heteroatoms. The van der Waals surface area contributed by atoms with Crippen molar-refractivity contribution in [3.8, 4) is 0 Å². The van der Waals surface area contributed by atoms with Crippen LogP contribution in [0, 0.1) is 6.92 Å². The summed E-state index contributed by atoms with van der Waals surface area (Å²) in [4.78, 5) is 22.0. The second-order valence-corrected chi connectivity index (χ2v) is 5.00. The Morgan fingerprint density at radius 2 is 2.22 bits per heavy atom. The minimum Gasteiger partial charge on any atom is -0.346 e. The summed E-state index contributed by atoms with van der Waals surface area (Å²) in [6.07, 6.45) is 2.79. The van der Waals surface area contributed by atoms with Crippen molar-refractivity contribution in [1.82, 2.24) is 15.3 Å². The van der Waals surface area contributed by atoms with Crippen molar-refractivity contribution in [1.29, 1.82) is 0 Å². The van der Waals surface area contributed by atoms with Gasteiger partial charge in [-0.3, -0.25) is 4.79 Å². The molecule has 0 aliphatic rings. The SMILES string of the molecule is Cc1ccc(CNC(=O)c2cnc(NN)cn2)s1. The zero-order valence-corrected chi connectivity index (χ0v) is 10.6. The first-order chi connectivity index (χ1) is 8.69. The molecule has 0 aliphatic heterocycles. The smallest absolute Gasteiger partial charge is 0.271 e. The summed E-state index contributed by atoms with van der Waals surface area (Å²) in [7, 11) is 0. The molecule has 2 aromatic heterocycles. The number of aryl methyl sites for hydroxylation is 1. The van der Waals surface area contributed by atoms with Gasteiger partial charge in [-0.15, -0.1) is 11.3 Å². The van der Waals surface area contributed by atoms with Crippen LogP contribution in [-0.2, 0) is 6.54 Å². The highest BCUT2D eigenvalue weighted by atomic mass is 32.1. The number of anilines is 1. The van der Waals surface area contributed by atoms with E-state index in [0.29, 0.717) is 12.4 Å². The summed E-state index contributed by atoms with van der Waals surface area (Å²) in [5.41, 5.74) is 2.62. The van der Waals surface area contributed by atoms with Crippen molar-refractivity contribution in [3.05, 3.63) is 40.0 Å². The van der Waals surface area contributed by atoms with Gasteiger partial charge >= 0.3 is 0 Å². The molecule has 2 aromatic rings. The number of hydrazine groups is 1. The molecule has 0 aliphatic carbocycles. The first kappa shape index (κ1) is 12.5. The lowest BCUT2D eigenvalue weighted by Crippen LogP contribution is -2.23. The van der Waals surface area contributed by atoms with Crippen LogP contribution in [0.4, 0.5) is 5.82 Å². The number of carbonyl (C=O) groups excluding carboxylic acids is 1. The topological polar surface area (TPSA) is 92.9 Å². The number of rotatable bonds is 4. The molecule has 0 aromatic carbocycles. The van der Waals surface area contributed by atoms with E-state index in [1.54, 1.807) is 11.3 Å². The maximum atomic E-state index is 11.8. The predicted octanol–water partition coefficient (Wildman–Crippen LogP) is 1.06. The number of aromatic nitrogens is 2. The summed E-state index contributed by atoms with van der Waals surface area (Å²) in [5, 5.41) is 2.78. The maximum absolute atomic E-state index is 11.8. The van der Waals surface area contributed by atoms with Gasteiger partial charge in [0.05, 0.1) is 18.9 Å². The fourth-order valence-electron chi connectivity index (χ4n) is 1.36. The zero-order valence-electron chi connectivity index (χ0n) is 9.80. The van der Waals surface area contributed by atoms with E-state index in [1.165, 1.54) is 17.3 Å². The lowest BCUT2D eigenvalue weighted by atomic mass is 10.4. The van der Waals surface area contributed by atoms with E-state index in [0.717, 1.165) is 4.88 Å². The van der Waals surface area contributed by atoms with Crippen LogP contribution < -0.4 is 16.6 Å². The van der Waals surface area contributed by atoms with Gasteiger partial charge in [0.1, 0.15) is 5.69 Å². The second-order valence-electron chi connectivity index (χ2n) is 3.63. The van der Waals surface area contributed by atoms with Crippen LogP contribution >= 0.6 is 11.3 Å². The largest absolute Gasteiger partial charge is 0.346 e. The Morgan fingerprint density at radius 3 is 2.78 bits per heavy atom. The molecule has 4 N–H and O–H groups in total. The summed E-state index contributed by atoms with van der Waals surface area (Å²) in [6, 6.07) is 4.01. The zero-order chi connectivity index (χ0) is 13.0. The van der Waals surface area contributed by atoms with E-state index in [1.807, 2.05) is 19.1 Å². The van der Waals surface area contributed by atoms with E-state index >= 15 is 0 Å². The highest BCUT2D eigenvalue weighted by Gasteiger charge is 2.08. The maximum Gasteiger partial charge on any atom is 0.271 e. The Kier molecular flexibility index (Phi) is 3.85. The van der Waals surface area contributed by atoms with Crippen molar-refractivity contribution in [2.75, 3.05) is 5.43 Å². The Bertz CT molecular complexity index is 537. The minimum absolute atomic E-state index is 0.253. The average Bonchev–Trinajstić information content (AvgIpc) is 2.82. The Balaban J connectivity index is 1.94. The lowest BCUT2D eigenvalue weighted by Gasteiger charge is -2.03. The van der Waals surface area contributed by atoms with Crippen LogP contribution in [0.3, 0.4) is 0 Å². The van der Waals surface area contributed by atoms with Gasteiger partial charge in [-0.2, -0.15) is 0 Å². The first-order valence-corrected chi connectivity index (χ1v) is 6.13. The number of nitrogen functional groups attached to an aromatic ring is 1. The minimum atomic E-state index is -0.253. The van der Waals surface area contributed by atoms with E-state index < -0.39 is 0 Å². The molecule has 0 bridgehead atoms. The summed E-state index contributed by atoms with van der Waals surface area (Å²) in [6.45, 7) is 2.52. The van der Waals surface area contributed by atoms with Crippen LogP contribution in [0.15, 0.2) is 24.5 Å². The highest BCUT2D eigenvalue weighted by Crippen LogP contribution is 2.14. The van der Waals surface area contributed by atoms with Crippen molar-refractivity contribution in [2.24, 2.45) is 5.84 Å².